The minimum atomic E-state index is 1.12. The highest BCUT2D eigenvalue weighted by molar-refractivity contribution is 6.12. The summed E-state index contributed by atoms with van der Waals surface area (Å²) in [5, 5.41) is 2.58. The second kappa shape index (κ2) is 9.66. The van der Waals surface area contributed by atoms with Crippen molar-refractivity contribution < 1.29 is 0 Å². The molecule has 0 bridgehead atoms. The van der Waals surface area contributed by atoms with Crippen LogP contribution in [0.4, 0.5) is 17.1 Å². The van der Waals surface area contributed by atoms with Gasteiger partial charge in [0.15, 0.2) is 0 Å². The quantitative estimate of drug-likeness (QED) is 0.228. The summed E-state index contributed by atoms with van der Waals surface area (Å²) in [5.41, 5.74) is 10.8. The molecule has 2 nitrogen and oxygen atoms in total. The van der Waals surface area contributed by atoms with E-state index >= 15 is 0 Å². The number of rotatable bonds is 5. The summed E-state index contributed by atoms with van der Waals surface area (Å²) in [6.07, 6.45) is 0. The summed E-state index contributed by atoms with van der Waals surface area (Å²) >= 11 is 0. The number of anilines is 3. The molecule has 1 heterocycles. The van der Waals surface area contributed by atoms with E-state index in [0.717, 1.165) is 17.1 Å². The van der Waals surface area contributed by atoms with Crippen LogP contribution in [-0.4, -0.2) is 4.57 Å². The Kier molecular flexibility index (Phi) is 5.71. The molecule has 0 spiro atoms. The van der Waals surface area contributed by atoms with Crippen molar-refractivity contribution in [3.63, 3.8) is 0 Å². The third-order valence-electron chi connectivity index (χ3n) is 7.59. The summed E-state index contributed by atoms with van der Waals surface area (Å²) < 4.78 is 2.32. The van der Waals surface area contributed by atoms with Crippen LogP contribution in [0.1, 0.15) is 0 Å². The van der Waals surface area contributed by atoms with E-state index in [2.05, 4.69) is 168 Å². The number of hydrogen-bond acceptors (Lipinski definition) is 1. The van der Waals surface area contributed by atoms with Gasteiger partial charge in [-0.05, 0) is 59.2 Å². The molecule has 7 aromatic rings. The van der Waals surface area contributed by atoms with Crippen molar-refractivity contribution in [2.75, 3.05) is 4.90 Å². The van der Waals surface area contributed by atoms with Gasteiger partial charge in [0.2, 0.25) is 0 Å². The summed E-state index contributed by atoms with van der Waals surface area (Å²) in [6, 6.07) is 54.2. The Morgan fingerprint density at radius 3 is 1.82 bits per heavy atom. The summed E-state index contributed by atoms with van der Waals surface area (Å²) in [6.45, 7) is 0. The zero-order valence-electron chi connectivity index (χ0n) is 21.8. The fourth-order valence-electron chi connectivity index (χ4n) is 5.74. The van der Waals surface area contributed by atoms with E-state index in [1.165, 1.54) is 44.1 Å². The van der Waals surface area contributed by atoms with Gasteiger partial charge in [0.1, 0.15) is 0 Å². The fraction of sp³-hybridized carbons (Fsp3) is 0.0270. The van der Waals surface area contributed by atoms with Gasteiger partial charge in [0.05, 0.1) is 5.52 Å². The van der Waals surface area contributed by atoms with Crippen LogP contribution < -0.4 is 4.90 Å². The largest absolute Gasteiger partial charge is 0.343 e. The Morgan fingerprint density at radius 1 is 0.436 bits per heavy atom. The standard InChI is InChI=1S/C37H28N2/c1-38-36-21-9-8-18-34(36)35-20-11-19-33(37(35)38)28-22-24-31(25-23-28)39(30-15-6-3-7-16-30)32-17-10-14-29(26-32)27-12-4-2-5-13-27/h2-26H,1H3. The first kappa shape index (κ1) is 23.1. The molecule has 0 radical (unpaired) electrons. The van der Waals surface area contributed by atoms with Crippen molar-refractivity contribution in [3.8, 4) is 22.3 Å². The minimum absolute atomic E-state index is 1.12. The van der Waals surface area contributed by atoms with Crippen LogP contribution in [0.15, 0.2) is 152 Å². The van der Waals surface area contributed by atoms with Crippen molar-refractivity contribution in [1.82, 2.24) is 4.57 Å². The fourth-order valence-corrected chi connectivity index (χ4v) is 5.74. The Morgan fingerprint density at radius 2 is 1.03 bits per heavy atom. The highest BCUT2D eigenvalue weighted by Gasteiger charge is 2.15. The molecule has 0 amide bonds. The predicted molar refractivity (Wildman–Crippen MR) is 166 cm³/mol. The van der Waals surface area contributed by atoms with Crippen LogP contribution >= 0.6 is 0 Å². The predicted octanol–water partition coefficient (Wildman–Crippen LogP) is 10.1. The summed E-state index contributed by atoms with van der Waals surface area (Å²) in [5.74, 6) is 0. The van der Waals surface area contributed by atoms with E-state index < -0.39 is 0 Å². The van der Waals surface area contributed by atoms with Gasteiger partial charge in [-0.2, -0.15) is 0 Å². The molecule has 0 aliphatic carbocycles. The van der Waals surface area contributed by atoms with Gasteiger partial charge in [-0.1, -0.05) is 109 Å². The lowest BCUT2D eigenvalue weighted by molar-refractivity contribution is 1.02. The van der Waals surface area contributed by atoms with E-state index in [-0.39, 0.29) is 0 Å². The van der Waals surface area contributed by atoms with Crippen LogP contribution in [-0.2, 0) is 7.05 Å². The second-order valence-electron chi connectivity index (χ2n) is 9.91. The number of aromatic nitrogens is 1. The highest BCUT2D eigenvalue weighted by atomic mass is 15.1. The average molecular weight is 501 g/mol. The number of aryl methyl sites for hydroxylation is 1. The number of nitrogens with zero attached hydrogens (tertiary/aromatic N) is 2. The molecular formula is C37H28N2. The number of hydrogen-bond donors (Lipinski definition) is 0. The molecule has 0 fully saturated rings. The van der Waals surface area contributed by atoms with Gasteiger partial charge < -0.3 is 9.47 Å². The van der Waals surface area contributed by atoms with Gasteiger partial charge in [0, 0.05) is 46.0 Å². The van der Waals surface area contributed by atoms with E-state index in [9.17, 15) is 0 Å². The molecule has 0 saturated carbocycles. The molecule has 0 aliphatic heterocycles. The van der Waals surface area contributed by atoms with Crippen LogP contribution in [0, 0.1) is 0 Å². The monoisotopic (exact) mass is 500 g/mol. The smallest absolute Gasteiger partial charge is 0.0568 e. The van der Waals surface area contributed by atoms with Crippen molar-refractivity contribution in [2.45, 2.75) is 0 Å². The van der Waals surface area contributed by atoms with E-state index in [0.29, 0.717) is 0 Å². The lowest BCUT2D eigenvalue weighted by Crippen LogP contribution is -2.09. The van der Waals surface area contributed by atoms with E-state index in [4.69, 9.17) is 0 Å². The molecular weight excluding hydrogens is 472 g/mol. The van der Waals surface area contributed by atoms with Crippen LogP contribution in [0.25, 0.3) is 44.1 Å². The number of fused-ring (bicyclic) bond motifs is 3. The zero-order chi connectivity index (χ0) is 26.2. The molecule has 0 unspecified atom stereocenters. The molecule has 7 rings (SSSR count). The summed E-state index contributed by atoms with van der Waals surface area (Å²) in [4.78, 5) is 2.33. The Bertz CT molecular complexity index is 1900. The van der Waals surface area contributed by atoms with Crippen molar-refractivity contribution in [2.24, 2.45) is 7.05 Å². The maximum Gasteiger partial charge on any atom is 0.0568 e. The normalized spacial score (nSPS) is 11.2. The van der Waals surface area contributed by atoms with Crippen LogP contribution in [0.2, 0.25) is 0 Å². The number of para-hydroxylation sites is 3. The van der Waals surface area contributed by atoms with Crippen LogP contribution in [0.5, 0.6) is 0 Å². The number of benzene rings is 6. The zero-order valence-corrected chi connectivity index (χ0v) is 21.8. The highest BCUT2D eigenvalue weighted by Crippen LogP contribution is 2.39. The first-order valence-corrected chi connectivity index (χ1v) is 13.4. The van der Waals surface area contributed by atoms with Crippen LogP contribution in [0.3, 0.4) is 0 Å². The third-order valence-corrected chi connectivity index (χ3v) is 7.59. The third kappa shape index (κ3) is 4.07. The van der Waals surface area contributed by atoms with Crippen molar-refractivity contribution in [3.05, 3.63) is 152 Å². The molecule has 2 heteroatoms. The molecule has 0 N–H and O–H groups in total. The Hall–Kier alpha value is -5.08. The first-order chi connectivity index (χ1) is 19.3. The van der Waals surface area contributed by atoms with Gasteiger partial charge in [-0.25, -0.2) is 0 Å². The molecule has 39 heavy (non-hydrogen) atoms. The molecule has 0 aliphatic rings. The SMILES string of the molecule is Cn1c2ccccc2c2cccc(-c3ccc(N(c4ccccc4)c4cccc(-c5ccccc5)c4)cc3)c21. The average Bonchev–Trinajstić information content (AvgIpc) is 3.31. The molecule has 186 valence electrons. The molecule has 6 aromatic carbocycles. The Labute approximate surface area is 229 Å². The van der Waals surface area contributed by atoms with Gasteiger partial charge in [-0.15, -0.1) is 0 Å². The summed E-state index contributed by atoms with van der Waals surface area (Å²) in [7, 11) is 2.17. The van der Waals surface area contributed by atoms with Crippen molar-refractivity contribution in [1.29, 1.82) is 0 Å². The van der Waals surface area contributed by atoms with E-state index in [1.807, 2.05) is 0 Å². The van der Waals surface area contributed by atoms with Gasteiger partial charge >= 0.3 is 0 Å². The maximum atomic E-state index is 2.33. The van der Waals surface area contributed by atoms with Gasteiger partial charge in [-0.3, -0.25) is 0 Å². The molecule has 0 atom stereocenters. The van der Waals surface area contributed by atoms with Crippen molar-refractivity contribution >= 4 is 38.9 Å². The minimum Gasteiger partial charge on any atom is -0.343 e. The Balaban J connectivity index is 1.34. The maximum absolute atomic E-state index is 2.33. The van der Waals surface area contributed by atoms with Gasteiger partial charge in [0.25, 0.3) is 0 Å². The first-order valence-electron chi connectivity index (χ1n) is 13.4. The van der Waals surface area contributed by atoms with E-state index in [1.54, 1.807) is 0 Å². The second-order valence-corrected chi connectivity index (χ2v) is 9.91. The lowest BCUT2D eigenvalue weighted by Gasteiger charge is -2.26. The molecule has 1 aromatic heterocycles. The topological polar surface area (TPSA) is 8.17 Å². The molecule has 0 saturated heterocycles. The lowest BCUT2D eigenvalue weighted by atomic mass is 10.0.